The van der Waals surface area contributed by atoms with Crippen molar-refractivity contribution in [2.45, 2.75) is 18.4 Å². The second kappa shape index (κ2) is 8.87. The first kappa shape index (κ1) is 20.5. The molecule has 0 aliphatic rings. The van der Waals surface area contributed by atoms with Crippen molar-refractivity contribution in [3.05, 3.63) is 78.4 Å². The number of hydrogen-bond donors (Lipinski definition) is 2. The van der Waals surface area contributed by atoms with Crippen LogP contribution in [0.25, 0.3) is 0 Å². The zero-order chi connectivity index (χ0) is 20.9. The van der Waals surface area contributed by atoms with Crippen molar-refractivity contribution in [3.63, 3.8) is 0 Å². The van der Waals surface area contributed by atoms with Crippen molar-refractivity contribution in [1.82, 2.24) is 15.1 Å². The van der Waals surface area contributed by atoms with Crippen LogP contribution in [-0.4, -0.2) is 30.7 Å². The molecule has 3 aromatic rings. The van der Waals surface area contributed by atoms with Gasteiger partial charge in [0.15, 0.2) is 0 Å². The van der Waals surface area contributed by atoms with Crippen LogP contribution < -0.4 is 10.0 Å². The Morgan fingerprint density at radius 3 is 2.52 bits per heavy atom. The summed E-state index contributed by atoms with van der Waals surface area (Å²) in [6.45, 7) is 3.12. The first-order valence-electron chi connectivity index (χ1n) is 8.98. The summed E-state index contributed by atoms with van der Waals surface area (Å²) in [4.78, 5) is 12.2. The highest BCUT2D eigenvalue weighted by Gasteiger charge is 2.17. The van der Waals surface area contributed by atoms with E-state index < -0.39 is 15.8 Å². The number of carbonyl (C=O) groups excluding carboxylic acids is 1. The highest BCUT2D eigenvalue weighted by molar-refractivity contribution is 7.92. The van der Waals surface area contributed by atoms with Crippen molar-refractivity contribution in [1.29, 1.82) is 0 Å². The van der Waals surface area contributed by atoms with Gasteiger partial charge in [0.2, 0.25) is 0 Å². The van der Waals surface area contributed by atoms with Gasteiger partial charge in [0.05, 0.1) is 10.6 Å². The number of sulfonamides is 1. The summed E-state index contributed by atoms with van der Waals surface area (Å²) in [6, 6.07) is 12.8. The van der Waals surface area contributed by atoms with Crippen molar-refractivity contribution in [2.24, 2.45) is 5.92 Å². The summed E-state index contributed by atoms with van der Waals surface area (Å²) >= 11 is 0. The van der Waals surface area contributed by atoms with Gasteiger partial charge in [-0.15, -0.1) is 0 Å². The lowest BCUT2D eigenvalue weighted by atomic mass is 10.1. The average molecular weight is 416 g/mol. The lowest BCUT2D eigenvalue weighted by Crippen LogP contribution is -2.30. The molecule has 152 valence electrons. The second-order valence-corrected chi connectivity index (χ2v) is 8.34. The topological polar surface area (TPSA) is 93.1 Å². The van der Waals surface area contributed by atoms with E-state index in [1.807, 2.05) is 19.2 Å². The Morgan fingerprint density at radius 2 is 1.86 bits per heavy atom. The smallest absolute Gasteiger partial charge is 0.261 e. The second-order valence-electron chi connectivity index (χ2n) is 6.65. The molecular weight excluding hydrogens is 395 g/mol. The van der Waals surface area contributed by atoms with Crippen molar-refractivity contribution in [2.75, 3.05) is 11.3 Å². The molecular formula is C20H21FN4O3S. The number of nitrogens with zero attached hydrogens (tertiary/aromatic N) is 2. The van der Waals surface area contributed by atoms with Crippen LogP contribution in [0.4, 0.5) is 10.1 Å². The number of carbonyl (C=O) groups is 1. The van der Waals surface area contributed by atoms with Gasteiger partial charge in [0.25, 0.3) is 15.9 Å². The van der Waals surface area contributed by atoms with Crippen molar-refractivity contribution < 1.29 is 17.6 Å². The van der Waals surface area contributed by atoms with Gasteiger partial charge in [-0.3, -0.25) is 14.2 Å². The Bertz CT molecular complexity index is 1070. The Balaban J connectivity index is 1.60. The third kappa shape index (κ3) is 5.41. The van der Waals surface area contributed by atoms with Crippen LogP contribution in [0.1, 0.15) is 17.3 Å². The Labute approximate surface area is 168 Å². The molecule has 29 heavy (non-hydrogen) atoms. The summed E-state index contributed by atoms with van der Waals surface area (Å²) in [5.41, 5.74) is 0.196. The van der Waals surface area contributed by atoms with E-state index in [0.717, 1.165) is 0 Å². The number of amides is 1. The lowest BCUT2D eigenvalue weighted by molar-refractivity contribution is 0.0946. The summed E-state index contributed by atoms with van der Waals surface area (Å²) in [5.74, 6) is -0.803. The Hall–Kier alpha value is -3.20. The van der Waals surface area contributed by atoms with Crippen LogP contribution in [0.15, 0.2) is 71.9 Å². The van der Waals surface area contributed by atoms with Gasteiger partial charge in [-0.05, 0) is 48.4 Å². The molecule has 1 atom stereocenters. The van der Waals surface area contributed by atoms with Gasteiger partial charge >= 0.3 is 0 Å². The minimum atomic E-state index is -3.96. The first-order chi connectivity index (χ1) is 13.8. The minimum Gasteiger partial charge on any atom is -0.352 e. The maximum absolute atomic E-state index is 13.7. The molecule has 0 bridgehead atoms. The van der Waals surface area contributed by atoms with Crippen molar-refractivity contribution in [3.8, 4) is 0 Å². The number of benzene rings is 2. The van der Waals surface area contributed by atoms with E-state index in [1.54, 1.807) is 10.9 Å². The Kier molecular flexibility index (Phi) is 6.28. The Morgan fingerprint density at radius 1 is 1.14 bits per heavy atom. The number of rotatable bonds is 8. The molecule has 0 saturated carbocycles. The van der Waals surface area contributed by atoms with Gasteiger partial charge in [0.1, 0.15) is 5.82 Å². The van der Waals surface area contributed by atoms with Crippen LogP contribution in [0.3, 0.4) is 0 Å². The van der Waals surface area contributed by atoms with Crippen LogP contribution in [0.5, 0.6) is 0 Å². The molecule has 0 radical (unpaired) electrons. The van der Waals surface area contributed by atoms with Gasteiger partial charge in [-0.2, -0.15) is 5.10 Å². The third-order valence-corrected chi connectivity index (χ3v) is 5.60. The molecule has 7 nitrogen and oxygen atoms in total. The van der Waals surface area contributed by atoms with Crippen LogP contribution in [0, 0.1) is 11.7 Å². The van der Waals surface area contributed by atoms with E-state index in [2.05, 4.69) is 15.1 Å². The van der Waals surface area contributed by atoms with Gasteiger partial charge in [-0.1, -0.05) is 19.1 Å². The van der Waals surface area contributed by atoms with E-state index in [9.17, 15) is 17.6 Å². The molecule has 0 saturated heterocycles. The predicted octanol–water partition coefficient (Wildman–Crippen LogP) is 2.89. The number of aromatic nitrogens is 2. The van der Waals surface area contributed by atoms with E-state index >= 15 is 0 Å². The SMILES string of the molecule is CC(CNC(=O)c1ccc(S(=O)(=O)Nc2ccccc2F)cc1)Cn1cccn1. The number of halogens is 1. The van der Waals surface area contributed by atoms with Gasteiger partial charge in [0, 0.05) is 31.0 Å². The zero-order valence-corrected chi connectivity index (χ0v) is 16.6. The number of anilines is 1. The molecule has 0 aliphatic heterocycles. The molecule has 0 spiro atoms. The van der Waals surface area contributed by atoms with Gasteiger partial charge < -0.3 is 5.32 Å². The molecule has 2 aromatic carbocycles. The fourth-order valence-corrected chi connectivity index (χ4v) is 3.76. The molecule has 0 fully saturated rings. The summed E-state index contributed by atoms with van der Waals surface area (Å²) in [6.07, 6.45) is 3.55. The molecule has 1 amide bonds. The minimum absolute atomic E-state index is 0.0654. The van der Waals surface area contributed by atoms with E-state index in [0.29, 0.717) is 18.7 Å². The molecule has 1 heterocycles. The molecule has 9 heteroatoms. The number of para-hydroxylation sites is 1. The van der Waals surface area contributed by atoms with Crippen LogP contribution >= 0.6 is 0 Å². The highest BCUT2D eigenvalue weighted by Crippen LogP contribution is 2.19. The number of nitrogens with one attached hydrogen (secondary N) is 2. The lowest BCUT2D eigenvalue weighted by Gasteiger charge is -2.13. The third-order valence-electron chi connectivity index (χ3n) is 4.21. The first-order valence-corrected chi connectivity index (χ1v) is 10.5. The maximum Gasteiger partial charge on any atom is 0.261 e. The maximum atomic E-state index is 13.7. The zero-order valence-electron chi connectivity index (χ0n) is 15.7. The normalized spacial score (nSPS) is 12.3. The average Bonchev–Trinajstić information content (AvgIpc) is 3.21. The van der Waals surface area contributed by atoms with E-state index in [1.165, 1.54) is 48.5 Å². The fraction of sp³-hybridized carbons (Fsp3) is 0.200. The monoisotopic (exact) mass is 416 g/mol. The van der Waals surface area contributed by atoms with Crippen LogP contribution in [0.2, 0.25) is 0 Å². The van der Waals surface area contributed by atoms with Gasteiger partial charge in [-0.25, -0.2) is 12.8 Å². The molecule has 1 unspecified atom stereocenters. The van der Waals surface area contributed by atoms with Crippen molar-refractivity contribution >= 4 is 21.6 Å². The number of hydrogen-bond acceptors (Lipinski definition) is 4. The van der Waals surface area contributed by atoms with E-state index in [4.69, 9.17) is 0 Å². The summed E-state index contributed by atoms with van der Waals surface area (Å²) in [5, 5.41) is 6.95. The summed E-state index contributed by atoms with van der Waals surface area (Å²) in [7, 11) is -3.96. The largest absolute Gasteiger partial charge is 0.352 e. The summed E-state index contributed by atoms with van der Waals surface area (Å²) < 4.78 is 42.5. The fourth-order valence-electron chi connectivity index (χ4n) is 2.69. The van der Waals surface area contributed by atoms with Crippen LogP contribution in [-0.2, 0) is 16.6 Å². The van der Waals surface area contributed by atoms with E-state index in [-0.39, 0.29) is 22.4 Å². The molecule has 1 aromatic heterocycles. The highest BCUT2D eigenvalue weighted by atomic mass is 32.2. The predicted molar refractivity (Wildman–Crippen MR) is 107 cm³/mol. The molecule has 2 N–H and O–H groups in total. The molecule has 3 rings (SSSR count). The standard InChI is InChI=1S/C20H21FN4O3S/c1-15(14-25-12-4-11-23-25)13-22-20(26)16-7-9-17(10-8-16)29(27,28)24-19-6-3-2-5-18(19)21/h2-12,15,24H,13-14H2,1H3,(H,22,26). The molecule has 0 aliphatic carbocycles. The quantitative estimate of drug-likeness (QED) is 0.591.